The normalized spacial score (nSPS) is 12.1. The molecule has 0 saturated carbocycles. The maximum Gasteiger partial charge on any atom is 0.240 e. The molecule has 0 fully saturated rings. The third-order valence-corrected chi connectivity index (χ3v) is 5.07. The first-order valence-corrected chi connectivity index (χ1v) is 8.77. The molecular formula is C14H24ClN3O2S. The van der Waals surface area contributed by atoms with Crippen LogP contribution in [0.3, 0.4) is 0 Å². The number of hydrogen-bond donors (Lipinski definition) is 2. The van der Waals surface area contributed by atoms with E-state index in [9.17, 15) is 8.42 Å². The van der Waals surface area contributed by atoms with Gasteiger partial charge in [0.1, 0.15) is 0 Å². The first-order chi connectivity index (χ1) is 9.77. The Morgan fingerprint density at radius 2 is 1.95 bits per heavy atom. The molecule has 0 spiro atoms. The Morgan fingerprint density at radius 3 is 2.52 bits per heavy atom. The van der Waals surface area contributed by atoms with Crippen molar-refractivity contribution in [3.8, 4) is 0 Å². The summed E-state index contributed by atoms with van der Waals surface area (Å²) in [6.07, 6.45) is 1.73. The SMILES string of the molecule is Cc1c(CN)cc(Cl)cc1S(=O)(=O)NCCCCN(C)C. The number of nitrogens with one attached hydrogen (secondary N) is 1. The quantitative estimate of drug-likeness (QED) is 0.710. The van der Waals surface area contributed by atoms with Gasteiger partial charge in [0.2, 0.25) is 10.0 Å². The minimum absolute atomic E-state index is 0.211. The van der Waals surface area contributed by atoms with Crippen molar-refractivity contribution >= 4 is 21.6 Å². The predicted octanol–water partition coefficient (Wildman–Crippen LogP) is 1.73. The van der Waals surface area contributed by atoms with Crippen LogP contribution in [-0.2, 0) is 16.6 Å². The molecule has 1 rings (SSSR count). The smallest absolute Gasteiger partial charge is 0.240 e. The zero-order valence-electron chi connectivity index (χ0n) is 12.8. The van der Waals surface area contributed by atoms with Crippen LogP contribution in [0.4, 0.5) is 0 Å². The molecule has 0 saturated heterocycles. The number of nitrogens with zero attached hydrogens (tertiary/aromatic N) is 1. The van der Waals surface area contributed by atoms with Gasteiger partial charge in [0, 0.05) is 18.1 Å². The van der Waals surface area contributed by atoms with Crippen LogP contribution >= 0.6 is 11.6 Å². The van der Waals surface area contributed by atoms with Crippen molar-refractivity contribution in [1.82, 2.24) is 9.62 Å². The summed E-state index contributed by atoms with van der Waals surface area (Å²) in [5, 5.41) is 0.383. The molecule has 1 aromatic rings. The molecule has 0 bridgehead atoms. The monoisotopic (exact) mass is 333 g/mol. The second-order valence-electron chi connectivity index (χ2n) is 5.30. The van der Waals surface area contributed by atoms with Gasteiger partial charge in [-0.25, -0.2) is 13.1 Å². The van der Waals surface area contributed by atoms with E-state index >= 15 is 0 Å². The third kappa shape index (κ3) is 5.56. The van der Waals surface area contributed by atoms with Gasteiger partial charge in [-0.2, -0.15) is 0 Å². The molecule has 0 amide bonds. The van der Waals surface area contributed by atoms with Crippen LogP contribution < -0.4 is 10.5 Å². The average Bonchev–Trinajstić information content (AvgIpc) is 2.40. The highest BCUT2D eigenvalue weighted by molar-refractivity contribution is 7.89. The van der Waals surface area contributed by atoms with E-state index in [1.54, 1.807) is 13.0 Å². The van der Waals surface area contributed by atoms with Gasteiger partial charge in [0.15, 0.2) is 0 Å². The van der Waals surface area contributed by atoms with E-state index in [-0.39, 0.29) is 11.4 Å². The van der Waals surface area contributed by atoms with Gasteiger partial charge < -0.3 is 10.6 Å². The summed E-state index contributed by atoms with van der Waals surface area (Å²) >= 11 is 5.97. The molecule has 21 heavy (non-hydrogen) atoms. The molecule has 0 aliphatic heterocycles. The molecule has 0 aliphatic carbocycles. The highest BCUT2D eigenvalue weighted by Crippen LogP contribution is 2.24. The number of unbranched alkanes of at least 4 members (excludes halogenated alkanes) is 1. The molecule has 5 nitrogen and oxygen atoms in total. The largest absolute Gasteiger partial charge is 0.326 e. The van der Waals surface area contributed by atoms with Crippen LogP contribution in [0, 0.1) is 6.92 Å². The molecular weight excluding hydrogens is 310 g/mol. The lowest BCUT2D eigenvalue weighted by atomic mass is 10.1. The van der Waals surface area contributed by atoms with E-state index in [0.29, 0.717) is 17.1 Å². The van der Waals surface area contributed by atoms with Crippen molar-refractivity contribution < 1.29 is 8.42 Å². The molecule has 7 heteroatoms. The van der Waals surface area contributed by atoms with Crippen molar-refractivity contribution in [1.29, 1.82) is 0 Å². The Labute approximate surface area is 132 Å². The van der Waals surface area contributed by atoms with E-state index in [0.717, 1.165) is 24.9 Å². The fourth-order valence-electron chi connectivity index (χ4n) is 2.04. The number of hydrogen-bond acceptors (Lipinski definition) is 4. The van der Waals surface area contributed by atoms with Crippen molar-refractivity contribution in [2.75, 3.05) is 27.2 Å². The van der Waals surface area contributed by atoms with Crippen LogP contribution in [0.1, 0.15) is 24.0 Å². The van der Waals surface area contributed by atoms with Crippen molar-refractivity contribution in [3.05, 3.63) is 28.3 Å². The van der Waals surface area contributed by atoms with Gasteiger partial charge in [-0.1, -0.05) is 11.6 Å². The van der Waals surface area contributed by atoms with E-state index in [2.05, 4.69) is 9.62 Å². The molecule has 3 N–H and O–H groups in total. The van der Waals surface area contributed by atoms with Gasteiger partial charge in [-0.3, -0.25) is 0 Å². The molecule has 0 atom stereocenters. The van der Waals surface area contributed by atoms with E-state index in [1.165, 1.54) is 6.07 Å². The van der Waals surface area contributed by atoms with Gasteiger partial charge in [-0.15, -0.1) is 0 Å². The lowest BCUT2D eigenvalue weighted by Crippen LogP contribution is -2.26. The van der Waals surface area contributed by atoms with Crippen molar-refractivity contribution in [3.63, 3.8) is 0 Å². The number of nitrogens with two attached hydrogens (primary N) is 1. The molecule has 0 unspecified atom stereocenters. The minimum atomic E-state index is -3.55. The molecule has 1 aromatic carbocycles. The van der Waals surface area contributed by atoms with Crippen LogP contribution in [-0.4, -0.2) is 40.5 Å². The lowest BCUT2D eigenvalue weighted by molar-refractivity contribution is 0.394. The van der Waals surface area contributed by atoms with Gasteiger partial charge in [0.25, 0.3) is 0 Å². The standard InChI is InChI=1S/C14H24ClN3O2S/c1-11-12(10-16)8-13(15)9-14(11)21(19,20)17-6-4-5-7-18(2)3/h8-9,17H,4-7,10,16H2,1-3H3. The van der Waals surface area contributed by atoms with E-state index in [1.807, 2.05) is 14.1 Å². The molecule has 0 aromatic heterocycles. The van der Waals surface area contributed by atoms with Gasteiger partial charge in [-0.05, 0) is 63.7 Å². The number of sulfonamides is 1. The van der Waals surface area contributed by atoms with Crippen LogP contribution in [0.15, 0.2) is 17.0 Å². The first kappa shape index (κ1) is 18.4. The maximum absolute atomic E-state index is 12.3. The zero-order valence-corrected chi connectivity index (χ0v) is 14.4. The Hall–Kier alpha value is -0.660. The van der Waals surface area contributed by atoms with Crippen molar-refractivity contribution in [2.45, 2.75) is 31.2 Å². The summed E-state index contributed by atoms with van der Waals surface area (Å²) < 4.78 is 27.3. The average molecular weight is 334 g/mol. The van der Waals surface area contributed by atoms with E-state index < -0.39 is 10.0 Å². The fraction of sp³-hybridized carbons (Fsp3) is 0.571. The molecule has 0 radical (unpaired) electrons. The second-order valence-corrected chi connectivity index (χ2v) is 7.47. The highest BCUT2D eigenvalue weighted by atomic mass is 35.5. The van der Waals surface area contributed by atoms with Crippen molar-refractivity contribution in [2.24, 2.45) is 5.73 Å². The Balaban J connectivity index is 2.77. The Morgan fingerprint density at radius 1 is 1.29 bits per heavy atom. The summed E-state index contributed by atoms with van der Waals surface area (Å²) in [6.45, 7) is 3.37. The minimum Gasteiger partial charge on any atom is -0.326 e. The van der Waals surface area contributed by atoms with Crippen LogP contribution in [0.2, 0.25) is 5.02 Å². The lowest BCUT2D eigenvalue weighted by Gasteiger charge is -2.13. The summed E-state index contributed by atoms with van der Waals surface area (Å²) in [5.41, 5.74) is 7.02. The zero-order chi connectivity index (χ0) is 16.0. The number of benzene rings is 1. The molecule has 120 valence electrons. The molecule has 0 heterocycles. The summed E-state index contributed by atoms with van der Waals surface area (Å²) in [7, 11) is 0.437. The second kappa shape index (κ2) is 8.10. The Bertz CT molecular complexity index is 574. The number of halogens is 1. The highest BCUT2D eigenvalue weighted by Gasteiger charge is 2.18. The number of rotatable bonds is 8. The Kier molecular flexibility index (Phi) is 7.09. The maximum atomic E-state index is 12.3. The summed E-state index contributed by atoms with van der Waals surface area (Å²) in [5.74, 6) is 0. The van der Waals surface area contributed by atoms with Gasteiger partial charge in [0.05, 0.1) is 4.90 Å². The predicted molar refractivity (Wildman–Crippen MR) is 87.1 cm³/mol. The van der Waals surface area contributed by atoms with Crippen LogP contribution in [0.25, 0.3) is 0 Å². The molecule has 0 aliphatic rings. The fourth-order valence-corrected chi connectivity index (χ4v) is 3.73. The van der Waals surface area contributed by atoms with Gasteiger partial charge >= 0.3 is 0 Å². The summed E-state index contributed by atoms with van der Waals surface area (Å²) in [4.78, 5) is 2.28. The van der Waals surface area contributed by atoms with E-state index in [4.69, 9.17) is 17.3 Å². The summed E-state index contributed by atoms with van der Waals surface area (Å²) in [6, 6.07) is 3.17. The third-order valence-electron chi connectivity index (χ3n) is 3.27. The first-order valence-electron chi connectivity index (χ1n) is 6.91. The van der Waals surface area contributed by atoms with Crippen LogP contribution in [0.5, 0.6) is 0 Å². The topological polar surface area (TPSA) is 75.4 Å².